The predicted molar refractivity (Wildman–Crippen MR) is 62.5 cm³/mol. The summed E-state index contributed by atoms with van der Waals surface area (Å²) in [6, 6.07) is 6.38. The fourth-order valence-electron chi connectivity index (χ4n) is 0.972. The summed E-state index contributed by atoms with van der Waals surface area (Å²) in [5.41, 5.74) is 1.07. The number of halogens is 2. The van der Waals surface area contributed by atoms with Crippen molar-refractivity contribution in [1.82, 2.24) is 0 Å². The number of nitrogens with one attached hydrogen (secondary N) is 1. The SMILES string of the molecule is CCC(C)Nc1ccc(Br)c(Cl)c1. The van der Waals surface area contributed by atoms with Gasteiger partial charge in [-0.1, -0.05) is 18.5 Å². The van der Waals surface area contributed by atoms with Crippen molar-refractivity contribution in [2.45, 2.75) is 26.3 Å². The smallest absolute Gasteiger partial charge is 0.0568 e. The Balaban J connectivity index is 2.73. The van der Waals surface area contributed by atoms with Crippen molar-refractivity contribution in [2.24, 2.45) is 0 Å². The monoisotopic (exact) mass is 261 g/mol. The Labute approximate surface area is 92.6 Å². The van der Waals surface area contributed by atoms with Gasteiger partial charge < -0.3 is 5.32 Å². The zero-order valence-corrected chi connectivity index (χ0v) is 10.1. The van der Waals surface area contributed by atoms with E-state index in [9.17, 15) is 0 Å². The fourth-order valence-corrected chi connectivity index (χ4v) is 1.40. The summed E-state index contributed by atoms with van der Waals surface area (Å²) in [4.78, 5) is 0. The first kappa shape index (κ1) is 10.9. The van der Waals surface area contributed by atoms with E-state index in [2.05, 4.69) is 35.1 Å². The highest BCUT2D eigenvalue weighted by Crippen LogP contribution is 2.25. The molecule has 0 saturated heterocycles. The Bertz CT molecular complexity index is 288. The molecule has 0 aliphatic carbocycles. The largest absolute Gasteiger partial charge is 0.383 e. The molecule has 72 valence electrons. The van der Waals surface area contributed by atoms with E-state index in [1.807, 2.05) is 18.2 Å². The molecule has 3 heteroatoms. The van der Waals surface area contributed by atoms with Gasteiger partial charge in [0.1, 0.15) is 0 Å². The second kappa shape index (κ2) is 4.87. The molecule has 0 aromatic heterocycles. The summed E-state index contributed by atoms with van der Waals surface area (Å²) >= 11 is 9.31. The Kier molecular flexibility index (Phi) is 4.07. The van der Waals surface area contributed by atoms with Crippen LogP contribution in [0.5, 0.6) is 0 Å². The van der Waals surface area contributed by atoms with Crippen molar-refractivity contribution in [1.29, 1.82) is 0 Å². The molecule has 0 saturated carbocycles. The molecule has 1 nitrogen and oxygen atoms in total. The maximum atomic E-state index is 5.95. The molecule has 1 atom stereocenters. The second-order valence-corrected chi connectivity index (χ2v) is 4.34. The van der Waals surface area contributed by atoms with Crippen LogP contribution >= 0.6 is 27.5 Å². The normalized spacial score (nSPS) is 12.6. The van der Waals surface area contributed by atoms with Gasteiger partial charge >= 0.3 is 0 Å². The maximum absolute atomic E-state index is 5.95. The molecule has 0 fully saturated rings. The average Bonchev–Trinajstić information content (AvgIpc) is 2.11. The predicted octanol–water partition coefficient (Wildman–Crippen LogP) is 4.31. The molecule has 1 unspecified atom stereocenters. The van der Waals surface area contributed by atoms with Crippen molar-refractivity contribution < 1.29 is 0 Å². The molecule has 0 bridgehead atoms. The average molecular weight is 263 g/mol. The third kappa shape index (κ3) is 3.20. The summed E-state index contributed by atoms with van der Waals surface area (Å²) in [7, 11) is 0. The van der Waals surface area contributed by atoms with E-state index in [1.54, 1.807) is 0 Å². The van der Waals surface area contributed by atoms with Crippen LogP contribution in [-0.2, 0) is 0 Å². The molecular formula is C10H13BrClN. The minimum atomic E-state index is 0.484. The van der Waals surface area contributed by atoms with E-state index in [0.29, 0.717) is 6.04 Å². The minimum Gasteiger partial charge on any atom is -0.383 e. The molecule has 1 aromatic rings. The molecule has 0 radical (unpaired) electrons. The van der Waals surface area contributed by atoms with E-state index in [-0.39, 0.29) is 0 Å². The molecular weight excluding hydrogens is 249 g/mol. The number of benzene rings is 1. The van der Waals surface area contributed by atoms with Gasteiger partial charge in [-0.25, -0.2) is 0 Å². The van der Waals surface area contributed by atoms with Gasteiger partial charge in [-0.05, 0) is 47.5 Å². The van der Waals surface area contributed by atoms with Gasteiger partial charge in [-0.3, -0.25) is 0 Å². The zero-order chi connectivity index (χ0) is 9.84. The summed E-state index contributed by atoms with van der Waals surface area (Å²) in [5, 5.41) is 4.10. The Morgan fingerprint density at radius 3 is 2.77 bits per heavy atom. The van der Waals surface area contributed by atoms with Gasteiger partial charge in [0.05, 0.1) is 5.02 Å². The second-order valence-electron chi connectivity index (χ2n) is 3.08. The minimum absolute atomic E-state index is 0.484. The van der Waals surface area contributed by atoms with Crippen molar-refractivity contribution in [2.75, 3.05) is 5.32 Å². The molecule has 0 amide bonds. The topological polar surface area (TPSA) is 12.0 Å². The van der Waals surface area contributed by atoms with E-state index >= 15 is 0 Å². The van der Waals surface area contributed by atoms with Crippen molar-refractivity contribution >= 4 is 33.2 Å². The summed E-state index contributed by atoms with van der Waals surface area (Å²) in [6.07, 6.45) is 1.10. The molecule has 1 rings (SSSR count). The third-order valence-corrected chi connectivity index (χ3v) is 3.18. The zero-order valence-electron chi connectivity index (χ0n) is 7.77. The number of rotatable bonds is 3. The number of hydrogen-bond donors (Lipinski definition) is 1. The lowest BCUT2D eigenvalue weighted by molar-refractivity contribution is 0.764. The van der Waals surface area contributed by atoms with E-state index < -0.39 is 0 Å². The van der Waals surface area contributed by atoms with Crippen LogP contribution in [0.3, 0.4) is 0 Å². The maximum Gasteiger partial charge on any atom is 0.0568 e. The lowest BCUT2D eigenvalue weighted by Gasteiger charge is -2.13. The molecule has 0 aliphatic heterocycles. The van der Waals surface area contributed by atoms with Crippen LogP contribution in [-0.4, -0.2) is 6.04 Å². The first-order valence-electron chi connectivity index (χ1n) is 4.35. The van der Waals surface area contributed by atoms with Crippen LogP contribution in [0.15, 0.2) is 22.7 Å². The molecule has 0 aliphatic rings. The third-order valence-electron chi connectivity index (χ3n) is 1.95. The van der Waals surface area contributed by atoms with E-state index in [0.717, 1.165) is 21.6 Å². The number of hydrogen-bond acceptors (Lipinski definition) is 1. The van der Waals surface area contributed by atoms with Crippen LogP contribution in [0.25, 0.3) is 0 Å². The van der Waals surface area contributed by atoms with E-state index in [4.69, 9.17) is 11.6 Å². The molecule has 13 heavy (non-hydrogen) atoms. The summed E-state index contributed by atoms with van der Waals surface area (Å²) in [6.45, 7) is 4.30. The van der Waals surface area contributed by atoms with E-state index in [1.165, 1.54) is 0 Å². The first-order chi connectivity index (χ1) is 6.13. The van der Waals surface area contributed by atoms with Crippen LogP contribution < -0.4 is 5.32 Å². The Hall–Kier alpha value is -0.210. The van der Waals surface area contributed by atoms with Gasteiger partial charge in [0.25, 0.3) is 0 Å². The molecule has 1 N–H and O–H groups in total. The Morgan fingerprint density at radius 2 is 2.23 bits per heavy atom. The first-order valence-corrected chi connectivity index (χ1v) is 5.52. The van der Waals surface area contributed by atoms with Crippen LogP contribution in [0.1, 0.15) is 20.3 Å². The van der Waals surface area contributed by atoms with Crippen molar-refractivity contribution in [3.05, 3.63) is 27.7 Å². The highest BCUT2D eigenvalue weighted by atomic mass is 79.9. The lowest BCUT2D eigenvalue weighted by atomic mass is 10.2. The van der Waals surface area contributed by atoms with Gasteiger partial charge in [-0.15, -0.1) is 0 Å². The highest BCUT2D eigenvalue weighted by Gasteiger charge is 2.01. The van der Waals surface area contributed by atoms with Gasteiger partial charge in [0.15, 0.2) is 0 Å². The fraction of sp³-hybridized carbons (Fsp3) is 0.400. The summed E-state index contributed by atoms with van der Waals surface area (Å²) < 4.78 is 0.934. The van der Waals surface area contributed by atoms with Crippen molar-refractivity contribution in [3.8, 4) is 0 Å². The summed E-state index contributed by atoms with van der Waals surface area (Å²) in [5.74, 6) is 0. The lowest BCUT2D eigenvalue weighted by Crippen LogP contribution is -2.13. The standard InChI is InChI=1S/C10H13BrClN/c1-3-7(2)13-8-4-5-9(11)10(12)6-8/h4-7,13H,3H2,1-2H3. The van der Waals surface area contributed by atoms with Crippen LogP contribution in [0.4, 0.5) is 5.69 Å². The molecule has 0 heterocycles. The van der Waals surface area contributed by atoms with Gasteiger partial charge in [-0.2, -0.15) is 0 Å². The molecule has 1 aromatic carbocycles. The van der Waals surface area contributed by atoms with Gasteiger partial charge in [0, 0.05) is 16.2 Å². The quantitative estimate of drug-likeness (QED) is 0.856. The van der Waals surface area contributed by atoms with Crippen LogP contribution in [0.2, 0.25) is 5.02 Å². The Morgan fingerprint density at radius 1 is 1.54 bits per heavy atom. The highest BCUT2D eigenvalue weighted by molar-refractivity contribution is 9.10. The number of anilines is 1. The van der Waals surface area contributed by atoms with Crippen molar-refractivity contribution in [3.63, 3.8) is 0 Å². The van der Waals surface area contributed by atoms with Gasteiger partial charge in [0.2, 0.25) is 0 Å². The molecule has 0 spiro atoms. The van der Waals surface area contributed by atoms with Crippen LogP contribution in [0, 0.1) is 0 Å².